The third-order valence-corrected chi connectivity index (χ3v) is 3.82. The van der Waals surface area contributed by atoms with Crippen molar-refractivity contribution in [1.29, 1.82) is 0 Å². The number of nitrogens with zero attached hydrogens (tertiary/aromatic N) is 2. The van der Waals surface area contributed by atoms with Crippen LogP contribution in [0.1, 0.15) is 38.4 Å². The average molecular weight is 345 g/mol. The number of benzene rings is 1. The summed E-state index contributed by atoms with van der Waals surface area (Å²) in [7, 11) is 0. The fraction of sp³-hybridized carbons (Fsp3) is 0.188. The number of hydrogen-bond acceptors (Lipinski definition) is 5. The van der Waals surface area contributed by atoms with Crippen molar-refractivity contribution in [3.05, 3.63) is 68.2 Å². The van der Waals surface area contributed by atoms with Crippen LogP contribution in [0.15, 0.2) is 40.1 Å². The zero-order valence-electron chi connectivity index (χ0n) is 12.8. The third kappa shape index (κ3) is 2.91. The van der Waals surface area contributed by atoms with Crippen molar-refractivity contribution < 1.29 is 18.8 Å². The molecule has 9 heteroatoms. The zero-order chi connectivity index (χ0) is 18.1. The Balaban J connectivity index is 1.66. The molecule has 1 aliphatic heterocycles. The Morgan fingerprint density at radius 3 is 2.24 bits per heavy atom. The van der Waals surface area contributed by atoms with Crippen molar-refractivity contribution in [1.82, 2.24) is 14.5 Å². The van der Waals surface area contributed by atoms with Crippen molar-refractivity contribution >= 4 is 17.7 Å². The molecule has 0 saturated heterocycles. The highest BCUT2D eigenvalue weighted by Crippen LogP contribution is 2.22. The standard InChI is InChI=1S/C16H12FN3O5/c17-11-8-20(16(25)18-13(11)22)12(21)6-3-7-19-14(23)9-4-1-2-5-10(9)15(19)24/h1-2,4-5,8H,3,6-7H2,(H,18,22,25). The summed E-state index contributed by atoms with van der Waals surface area (Å²) in [6.07, 6.45) is 0.405. The fourth-order valence-corrected chi connectivity index (χ4v) is 2.58. The summed E-state index contributed by atoms with van der Waals surface area (Å²) in [5.41, 5.74) is -1.65. The van der Waals surface area contributed by atoms with Gasteiger partial charge in [0.05, 0.1) is 17.3 Å². The molecule has 0 atom stereocenters. The first-order valence-electron chi connectivity index (χ1n) is 7.40. The van der Waals surface area contributed by atoms with Gasteiger partial charge in [0.1, 0.15) is 0 Å². The lowest BCUT2D eigenvalue weighted by molar-refractivity contribution is 0.0644. The van der Waals surface area contributed by atoms with Crippen LogP contribution in [0.2, 0.25) is 0 Å². The highest BCUT2D eigenvalue weighted by atomic mass is 19.1. The maximum atomic E-state index is 13.2. The van der Waals surface area contributed by atoms with Gasteiger partial charge in [0.2, 0.25) is 11.7 Å². The summed E-state index contributed by atoms with van der Waals surface area (Å²) in [5.74, 6) is -2.90. The molecule has 0 spiro atoms. The molecule has 0 saturated carbocycles. The van der Waals surface area contributed by atoms with Crippen molar-refractivity contribution in [2.75, 3.05) is 6.54 Å². The number of nitrogens with one attached hydrogen (secondary N) is 1. The molecule has 0 fully saturated rings. The van der Waals surface area contributed by atoms with E-state index < -0.39 is 34.8 Å². The van der Waals surface area contributed by atoms with Gasteiger partial charge in [-0.25, -0.2) is 9.36 Å². The molecule has 2 heterocycles. The molecule has 1 aromatic carbocycles. The van der Waals surface area contributed by atoms with E-state index in [0.29, 0.717) is 21.9 Å². The average Bonchev–Trinajstić information content (AvgIpc) is 2.83. The van der Waals surface area contributed by atoms with Crippen molar-refractivity contribution in [2.24, 2.45) is 0 Å². The summed E-state index contributed by atoms with van der Waals surface area (Å²) in [6, 6.07) is 6.38. The molecular weight excluding hydrogens is 333 g/mol. The first kappa shape index (κ1) is 16.5. The second-order valence-corrected chi connectivity index (χ2v) is 5.41. The molecule has 1 aromatic heterocycles. The number of rotatable bonds is 4. The third-order valence-electron chi connectivity index (χ3n) is 3.82. The van der Waals surface area contributed by atoms with Crippen LogP contribution in [0.25, 0.3) is 0 Å². The second kappa shape index (κ2) is 6.27. The molecule has 2 aromatic rings. The van der Waals surface area contributed by atoms with Gasteiger partial charge in [-0.2, -0.15) is 4.39 Å². The van der Waals surface area contributed by atoms with E-state index in [-0.39, 0.29) is 19.4 Å². The van der Waals surface area contributed by atoms with Gasteiger partial charge in [0, 0.05) is 13.0 Å². The van der Waals surface area contributed by atoms with Gasteiger partial charge in [0.25, 0.3) is 17.4 Å². The Morgan fingerprint density at radius 2 is 1.64 bits per heavy atom. The molecule has 0 unspecified atom stereocenters. The van der Waals surface area contributed by atoms with Crippen LogP contribution >= 0.6 is 0 Å². The van der Waals surface area contributed by atoms with Gasteiger partial charge in [-0.15, -0.1) is 0 Å². The molecule has 8 nitrogen and oxygen atoms in total. The molecule has 25 heavy (non-hydrogen) atoms. The largest absolute Gasteiger partial charge is 0.335 e. The Kier molecular flexibility index (Phi) is 4.14. The normalized spacial score (nSPS) is 13.2. The lowest BCUT2D eigenvalue weighted by Crippen LogP contribution is -2.35. The molecule has 0 aliphatic carbocycles. The molecule has 0 radical (unpaired) electrons. The van der Waals surface area contributed by atoms with Crippen molar-refractivity contribution in [3.8, 4) is 0 Å². The molecule has 1 aliphatic rings. The minimum atomic E-state index is -1.26. The van der Waals surface area contributed by atoms with E-state index in [1.54, 1.807) is 29.2 Å². The quantitative estimate of drug-likeness (QED) is 0.806. The number of halogens is 1. The molecule has 0 bridgehead atoms. The minimum Gasteiger partial charge on any atom is -0.274 e. The molecule has 2 amide bonds. The molecular formula is C16H12FN3O5. The predicted molar refractivity (Wildman–Crippen MR) is 83.0 cm³/mol. The van der Waals surface area contributed by atoms with Crippen LogP contribution in [0, 0.1) is 5.82 Å². The number of H-pyrrole nitrogens is 1. The van der Waals surface area contributed by atoms with E-state index in [4.69, 9.17) is 0 Å². The van der Waals surface area contributed by atoms with Crippen LogP contribution in [0.5, 0.6) is 0 Å². The van der Waals surface area contributed by atoms with Crippen LogP contribution < -0.4 is 11.2 Å². The van der Waals surface area contributed by atoms with E-state index in [1.165, 1.54) is 0 Å². The molecule has 3 rings (SSSR count). The number of hydrogen-bond donors (Lipinski definition) is 1. The number of aromatic amines is 1. The van der Waals surface area contributed by atoms with E-state index in [1.807, 2.05) is 0 Å². The molecule has 1 N–H and O–H groups in total. The van der Waals surface area contributed by atoms with Crippen LogP contribution in [-0.2, 0) is 0 Å². The zero-order valence-corrected chi connectivity index (χ0v) is 12.8. The topological polar surface area (TPSA) is 109 Å². The van der Waals surface area contributed by atoms with Crippen molar-refractivity contribution in [2.45, 2.75) is 12.8 Å². The number of imide groups is 1. The maximum absolute atomic E-state index is 13.2. The molecule has 128 valence electrons. The lowest BCUT2D eigenvalue weighted by atomic mass is 10.1. The number of amides is 2. The number of carbonyl (C=O) groups is 3. The van der Waals surface area contributed by atoms with Gasteiger partial charge in [-0.3, -0.25) is 29.1 Å². The van der Waals surface area contributed by atoms with Gasteiger partial charge in [-0.05, 0) is 18.6 Å². The number of fused-ring (bicyclic) bond motifs is 1. The summed E-state index contributed by atoms with van der Waals surface area (Å²) in [5, 5.41) is 0. The Morgan fingerprint density at radius 1 is 1.04 bits per heavy atom. The van der Waals surface area contributed by atoms with E-state index in [2.05, 4.69) is 0 Å². The Hall–Kier alpha value is -3.36. The maximum Gasteiger partial charge on any atom is 0.335 e. The minimum absolute atomic E-state index is 0.0152. The summed E-state index contributed by atoms with van der Waals surface area (Å²) >= 11 is 0. The van der Waals surface area contributed by atoms with Gasteiger partial charge < -0.3 is 0 Å². The SMILES string of the molecule is O=C1c2ccccc2C(=O)N1CCCC(=O)n1cc(F)c(=O)[nH]c1=O. The van der Waals surface area contributed by atoms with Crippen LogP contribution in [-0.4, -0.2) is 38.7 Å². The van der Waals surface area contributed by atoms with Gasteiger partial charge in [0.15, 0.2) is 0 Å². The van der Waals surface area contributed by atoms with Gasteiger partial charge >= 0.3 is 5.69 Å². The number of carbonyl (C=O) groups excluding carboxylic acids is 3. The van der Waals surface area contributed by atoms with Crippen molar-refractivity contribution in [3.63, 3.8) is 0 Å². The van der Waals surface area contributed by atoms with Crippen LogP contribution in [0.4, 0.5) is 4.39 Å². The Bertz CT molecular complexity index is 972. The highest BCUT2D eigenvalue weighted by molar-refractivity contribution is 6.21. The predicted octanol–water partition coefficient (Wildman–Crippen LogP) is 0.392. The second-order valence-electron chi connectivity index (χ2n) is 5.41. The first-order valence-corrected chi connectivity index (χ1v) is 7.40. The van der Waals surface area contributed by atoms with E-state index >= 15 is 0 Å². The Labute approximate surface area is 139 Å². The summed E-state index contributed by atoms with van der Waals surface area (Å²) in [4.78, 5) is 61.5. The van der Waals surface area contributed by atoms with E-state index in [9.17, 15) is 28.4 Å². The lowest BCUT2D eigenvalue weighted by Gasteiger charge is -2.13. The highest BCUT2D eigenvalue weighted by Gasteiger charge is 2.34. The summed E-state index contributed by atoms with van der Waals surface area (Å²) in [6.45, 7) is -0.0152. The smallest absolute Gasteiger partial charge is 0.274 e. The van der Waals surface area contributed by atoms with Crippen LogP contribution in [0.3, 0.4) is 0 Å². The number of aromatic nitrogens is 2. The van der Waals surface area contributed by atoms with Gasteiger partial charge in [-0.1, -0.05) is 12.1 Å². The first-order chi connectivity index (χ1) is 11.9. The summed E-state index contributed by atoms with van der Waals surface area (Å²) < 4.78 is 13.6. The monoisotopic (exact) mass is 345 g/mol. The van der Waals surface area contributed by atoms with E-state index in [0.717, 1.165) is 4.90 Å². The fourth-order valence-electron chi connectivity index (χ4n) is 2.58.